The van der Waals surface area contributed by atoms with Crippen LogP contribution in [0.15, 0.2) is 0 Å². The van der Waals surface area contributed by atoms with E-state index in [0.717, 1.165) is 42.9 Å². The lowest BCUT2D eigenvalue weighted by Crippen LogP contribution is -2.42. The van der Waals surface area contributed by atoms with Gasteiger partial charge >= 0.3 is 5.97 Å². The number of aryl methyl sites for hydroxylation is 1. The third-order valence-electron chi connectivity index (χ3n) is 3.57. The fourth-order valence-electron chi connectivity index (χ4n) is 2.53. The summed E-state index contributed by atoms with van der Waals surface area (Å²) in [5, 5.41) is 4.03. The van der Waals surface area contributed by atoms with Crippen LogP contribution in [0, 0.1) is 5.92 Å². The van der Waals surface area contributed by atoms with Crippen molar-refractivity contribution in [1.82, 2.24) is 14.5 Å². The van der Waals surface area contributed by atoms with E-state index in [0.29, 0.717) is 24.6 Å². The molecule has 0 saturated carbocycles. The second-order valence-electron chi connectivity index (χ2n) is 5.14. The van der Waals surface area contributed by atoms with Crippen molar-refractivity contribution in [3.63, 3.8) is 0 Å². The minimum Gasteiger partial charge on any atom is -0.466 e. The molecule has 2 heterocycles. The molecule has 0 spiro atoms. The summed E-state index contributed by atoms with van der Waals surface area (Å²) >= 11 is 1.14. The van der Waals surface area contributed by atoms with Gasteiger partial charge in [-0.05, 0) is 37.7 Å². The Bertz CT molecular complexity index is 503. The van der Waals surface area contributed by atoms with Crippen molar-refractivity contribution >= 4 is 23.4 Å². The van der Waals surface area contributed by atoms with Crippen molar-refractivity contribution in [1.29, 1.82) is 0 Å². The van der Waals surface area contributed by atoms with E-state index >= 15 is 0 Å². The second-order valence-corrected chi connectivity index (χ2v) is 5.90. The lowest BCUT2D eigenvalue weighted by Gasteiger charge is -2.31. The van der Waals surface area contributed by atoms with E-state index in [1.807, 2.05) is 6.92 Å². The highest BCUT2D eigenvalue weighted by Gasteiger charge is 2.31. The maximum atomic E-state index is 12.6. The molecule has 6 nitrogen and oxygen atoms in total. The fourth-order valence-corrected chi connectivity index (χ4v) is 3.21. The van der Waals surface area contributed by atoms with Crippen LogP contribution in [-0.4, -0.2) is 46.1 Å². The molecule has 0 aliphatic carbocycles. The monoisotopic (exact) mass is 311 g/mol. The van der Waals surface area contributed by atoms with E-state index in [2.05, 4.69) is 9.59 Å². The van der Waals surface area contributed by atoms with Gasteiger partial charge in [0, 0.05) is 13.1 Å². The number of piperidine rings is 1. The lowest BCUT2D eigenvalue weighted by atomic mass is 9.98. The summed E-state index contributed by atoms with van der Waals surface area (Å²) in [4.78, 5) is 26.8. The van der Waals surface area contributed by atoms with Crippen LogP contribution in [-0.2, 0) is 16.0 Å². The lowest BCUT2D eigenvalue weighted by molar-refractivity contribution is -0.149. The van der Waals surface area contributed by atoms with Crippen molar-refractivity contribution in [2.24, 2.45) is 5.92 Å². The molecule has 1 amide bonds. The van der Waals surface area contributed by atoms with Gasteiger partial charge < -0.3 is 9.64 Å². The zero-order valence-corrected chi connectivity index (χ0v) is 13.3. The molecule has 0 aromatic carbocycles. The molecule has 0 radical (unpaired) electrons. The van der Waals surface area contributed by atoms with Gasteiger partial charge in [0.2, 0.25) is 0 Å². The molecule has 1 atom stereocenters. The summed E-state index contributed by atoms with van der Waals surface area (Å²) in [6, 6.07) is 0. The summed E-state index contributed by atoms with van der Waals surface area (Å²) in [6.07, 6.45) is 3.29. The number of hydrogen-bond donors (Lipinski definition) is 0. The Morgan fingerprint density at radius 1 is 1.43 bits per heavy atom. The number of nitrogens with zero attached hydrogens (tertiary/aromatic N) is 3. The van der Waals surface area contributed by atoms with Gasteiger partial charge in [-0.2, -0.15) is 0 Å². The first-order valence-electron chi connectivity index (χ1n) is 7.44. The predicted octanol–water partition coefficient (Wildman–Crippen LogP) is 1.91. The predicted molar refractivity (Wildman–Crippen MR) is 79.2 cm³/mol. The van der Waals surface area contributed by atoms with E-state index in [-0.39, 0.29) is 17.8 Å². The number of amides is 1. The van der Waals surface area contributed by atoms with E-state index in [4.69, 9.17) is 4.74 Å². The molecule has 0 N–H and O–H groups in total. The van der Waals surface area contributed by atoms with Crippen LogP contribution in [0.25, 0.3) is 0 Å². The number of rotatable bonds is 5. The van der Waals surface area contributed by atoms with Crippen molar-refractivity contribution in [3.05, 3.63) is 10.6 Å². The Hall–Kier alpha value is -1.50. The SMILES string of the molecule is CCCc1nnsc1C(=O)N1CCC[C@@H](C(=O)OCC)C1. The van der Waals surface area contributed by atoms with Gasteiger partial charge in [-0.15, -0.1) is 5.10 Å². The molecular formula is C14H21N3O3S. The van der Waals surface area contributed by atoms with E-state index in [9.17, 15) is 9.59 Å². The maximum absolute atomic E-state index is 12.6. The minimum absolute atomic E-state index is 0.0533. The zero-order chi connectivity index (χ0) is 15.2. The van der Waals surface area contributed by atoms with E-state index in [1.165, 1.54) is 0 Å². The smallest absolute Gasteiger partial charge is 0.310 e. The molecule has 1 aromatic heterocycles. The second kappa shape index (κ2) is 7.49. The fraction of sp³-hybridized carbons (Fsp3) is 0.714. The van der Waals surface area contributed by atoms with Crippen molar-refractivity contribution < 1.29 is 14.3 Å². The third-order valence-corrected chi connectivity index (χ3v) is 4.32. The largest absolute Gasteiger partial charge is 0.466 e. The van der Waals surface area contributed by atoms with E-state index < -0.39 is 0 Å². The summed E-state index contributed by atoms with van der Waals surface area (Å²) in [5.74, 6) is -0.466. The standard InChI is InChI=1S/C14H21N3O3S/c1-3-6-11-12(21-16-15-11)13(18)17-8-5-7-10(9-17)14(19)20-4-2/h10H,3-9H2,1-2H3/t10-/m1/s1. The van der Waals surface area contributed by atoms with Crippen molar-refractivity contribution in [2.45, 2.75) is 39.5 Å². The van der Waals surface area contributed by atoms with Crippen molar-refractivity contribution in [3.8, 4) is 0 Å². The Labute approximate surface area is 128 Å². The van der Waals surface area contributed by atoms with Crippen LogP contribution in [0.5, 0.6) is 0 Å². The minimum atomic E-state index is -0.210. The number of aromatic nitrogens is 2. The number of ether oxygens (including phenoxy) is 1. The molecule has 1 aromatic rings. The number of carbonyl (C=O) groups excluding carboxylic acids is 2. The van der Waals surface area contributed by atoms with Crippen LogP contribution in [0.3, 0.4) is 0 Å². The normalized spacial score (nSPS) is 18.6. The highest BCUT2D eigenvalue weighted by atomic mass is 32.1. The maximum Gasteiger partial charge on any atom is 0.310 e. The van der Waals surface area contributed by atoms with Gasteiger partial charge in [-0.1, -0.05) is 17.8 Å². The summed E-state index contributed by atoms with van der Waals surface area (Å²) in [6.45, 7) is 5.33. The molecule has 21 heavy (non-hydrogen) atoms. The Kier molecular flexibility index (Phi) is 5.67. The van der Waals surface area contributed by atoms with Crippen LogP contribution in [0.4, 0.5) is 0 Å². The first-order chi connectivity index (χ1) is 10.2. The highest BCUT2D eigenvalue weighted by Crippen LogP contribution is 2.22. The van der Waals surface area contributed by atoms with Gasteiger partial charge in [0.25, 0.3) is 5.91 Å². The summed E-state index contributed by atoms with van der Waals surface area (Å²) in [5.41, 5.74) is 0.769. The summed E-state index contributed by atoms with van der Waals surface area (Å²) in [7, 11) is 0. The Balaban J connectivity index is 2.05. The topological polar surface area (TPSA) is 72.4 Å². The van der Waals surface area contributed by atoms with E-state index in [1.54, 1.807) is 11.8 Å². The first-order valence-corrected chi connectivity index (χ1v) is 8.21. The third kappa shape index (κ3) is 3.78. The molecular weight excluding hydrogens is 290 g/mol. The Morgan fingerprint density at radius 2 is 2.24 bits per heavy atom. The number of hydrogen-bond acceptors (Lipinski definition) is 6. The number of esters is 1. The molecule has 0 unspecified atom stereocenters. The van der Waals surface area contributed by atoms with Crippen LogP contribution in [0.2, 0.25) is 0 Å². The molecule has 1 fully saturated rings. The zero-order valence-electron chi connectivity index (χ0n) is 12.5. The molecule has 0 bridgehead atoms. The Morgan fingerprint density at radius 3 is 2.95 bits per heavy atom. The molecule has 7 heteroatoms. The molecule has 116 valence electrons. The number of likely N-dealkylation sites (tertiary alicyclic amines) is 1. The number of carbonyl (C=O) groups is 2. The van der Waals surface area contributed by atoms with Gasteiger partial charge in [-0.3, -0.25) is 9.59 Å². The van der Waals surface area contributed by atoms with Crippen LogP contribution in [0.1, 0.15) is 48.5 Å². The van der Waals surface area contributed by atoms with Gasteiger partial charge in [0.1, 0.15) is 4.88 Å². The average Bonchev–Trinajstić information content (AvgIpc) is 2.95. The van der Waals surface area contributed by atoms with Crippen LogP contribution >= 0.6 is 11.5 Å². The average molecular weight is 311 g/mol. The summed E-state index contributed by atoms with van der Waals surface area (Å²) < 4.78 is 8.96. The first kappa shape index (κ1) is 15.9. The highest BCUT2D eigenvalue weighted by molar-refractivity contribution is 7.08. The molecule has 2 rings (SSSR count). The quantitative estimate of drug-likeness (QED) is 0.777. The molecule has 1 aliphatic heterocycles. The van der Waals surface area contributed by atoms with Crippen molar-refractivity contribution in [2.75, 3.05) is 19.7 Å². The van der Waals surface area contributed by atoms with Gasteiger partial charge in [0.15, 0.2) is 0 Å². The molecule has 1 saturated heterocycles. The van der Waals surface area contributed by atoms with Gasteiger partial charge in [-0.25, -0.2) is 0 Å². The molecule has 1 aliphatic rings. The van der Waals surface area contributed by atoms with Gasteiger partial charge in [0.05, 0.1) is 18.2 Å². The van der Waals surface area contributed by atoms with Crippen LogP contribution < -0.4 is 0 Å².